The van der Waals surface area contributed by atoms with Crippen LogP contribution in [0.5, 0.6) is 0 Å². The summed E-state index contributed by atoms with van der Waals surface area (Å²) in [6.07, 6.45) is 1.73. The van der Waals surface area contributed by atoms with Crippen LogP contribution in [-0.4, -0.2) is 47.1 Å². The first-order chi connectivity index (χ1) is 16.3. The summed E-state index contributed by atoms with van der Waals surface area (Å²) in [7, 11) is 3.89. The number of carboxylic acid groups (broad SMARTS) is 1. The molecule has 0 aromatic heterocycles. The van der Waals surface area contributed by atoms with Crippen molar-refractivity contribution in [1.82, 2.24) is 4.90 Å². The van der Waals surface area contributed by atoms with Crippen molar-refractivity contribution in [3.8, 4) is 0 Å². The number of amidine groups is 1. The van der Waals surface area contributed by atoms with E-state index in [2.05, 4.69) is 4.99 Å². The number of carbonyl (C=O) groups excluding carboxylic acids is 2. The van der Waals surface area contributed by atoms with E-state index in [1.54, 1.807) is 36.4 Å². The van der Waals surface area contributed by atoms with Gasteiger partial charge in [0, 0.05) is 25.3 Å². The average molecular weight is 472 g/mol. The molecule has 2 amide bonds. The largest absolute Gasteiger partial charge is 0.478 e. The molecule has 34 heavy (non-hydrogen) atoms. The predicted molar refractivity (Wildman–Crippen MR) is 134 cm³/mol. The zero-order valence-corrected chi connectivity index (χ0v) is 19.3. The maximum Gasteiger partial charge on any atom is 0.335 e. The monoisotopic (exact) mass is 471 g/mol. The lowest BCUT2D eigenvalue weighted by Crippen LogP contribution is -2.35. The number of imide groups is 1. The summed E-state index contributed by atoms with van der Waals surface area (Å²) in [5, 5.41) is 9.32. The van der Waals surface area contributed by atoms with Crippen LogP contribution >= 0.6 is 11.8 Å². The minimum absolute atomic E-state index is 0.123. The van der Waals surface area contributed by atoms with E-state index in [0.717, 1.165) is 27.9 Å². The Morgan fingerprint density at radius 3 is 2.15 bits per heavy atom. The third-order valence-corrected chi connectivity index (χ3v) is 6.05. The van der Waals surface area contributed by atoms with E-state index < -0.39 is 17.8 Å². The number of carbonyl (C=O) groups is 3. The molecule has 0 saturated carbocycles. The SMILES string of the molecule is CN(C)c1ccc(C=C2SC(=Nc3ccc(C(=O)O)cc3)N(C(=O)c3ccccc3)C2=O)cc1. The summed E-state index contributed by atoms with van der Waals surface area (Å²) in [5.74, 6) is -1.99. The van der Waals surface area contributed by atoms with Crippen LogP contribution in [-0.2, 0) is 4.79 Å². The van der Waals surface area contributed by atoms with E-state index in [0.29, 0.717) is 16.2 Å². The molecule has 1 aliphatic heterocycles. The second kappa shape index (κ2) is 9.76. The van der Waals surface area contributed by atoms with Crippen LogP contribution in [0, 0.1) is 0 Å². The highest BCUT2D eigenvalue weighted by Crippen LogP contribution is 2.35. The fraction of sp³-hybridized carbons (Fsp3) is 0.0769. The molecule has 1 heterocycles. The van der Waals surface area contributed by atoms with Gasteiger partial charge in [-0.1, -0.05) is 30.3 Å². The van der Waals surface area contributed by atoms with Gasteiger partial charge < -0.3 is 10.0 Å². The van der Waals surface area contributed by atoms with Crippen LogP contribution in [0.2, 0.25) is 0 Å². The number of benzene rings is 3. The maximum atomic E-state index is 13.3. The number of hydrogen-bond acceptors (Lipinski definition) is 6. The first kappa shape index (κ1) is 23.0. The predicted octanol–water partition coefficient (Wildman–Crippen LogP) is 4.90. The summed E-state index contributed by atoms with van der Waals surface area (Å²) >= 11 is 1.10. The fourth-order valence-corrected chi connectivity index (χ4v) is 4.23. The molecule has 0 spiro atoms. The molecule has 0 unspecified atom stereocenters. The lowest BCUT2D eigenvalue weighted by atomic mass is 10.1. The molecule has 1 aliphatic rings. The van der Waals surface area contributed by atoms with E-state index in [1.807, 2.05) is 43.3 Å². The van der Waals surface area contributed by atoms with Gasteiger partial charge in [0.25, 0.3) is 11.8 Å². The van der Waals surface area contributed by atoms with Crippen molar-refractivity contribution in [1.29, 1.82) is 0 Å². The van der Waals surface area contributed by atoms with Gasteiger partial charge in [-0.2, -0.15) is 0 Å². The van der Waals surface area contributed by atoms with Gasteiger partial charge in [-0.25, -0.2) is 14.7 Å². The van der Waals surface area contributed by atoms with Crippen LogP contribution in [0.25, 0.3) is 6.08 Å². The van der Waals surface area contributed by atoms with Crippen molar-refractivity contribution < 1.29 is 19.5 Å². The third kappa shape index (κ3) is 4.92. The molecule has 1 fully saturated rings. The number of amides is 2. The van der Waals surface area contributed by atoms with Crippen molar-refractivity contribution in [3.63, 3.8) is 0 Å². The second-order valence-corrected chi connectivity index (χ2v) is 8.66. The molecule has 170 valence electrons. The van der Waals surface area contributed by atoms with Gasteiger partial charge >= 0.3 is 5.97 Å². The van der Waals surface area contributed by atoms with Gasteiger partial charge in [0.05, 0.1) is 16.2 Å². The minimum atomic E-state index is -1.05. The Bertz CT molecular complexity index is 1300. The molecule has 0 radical (unpaired) electrons. The summed E-state index contributed by atoms with van der Waals surface area (Å²) in [6, 6.07) is 22.1. The van der Waals surface area contributed by atoms with Crippen LogP contribution in [0.1, 0.15) is 26.3 Å². The second-order valence-electron chi connectivity index (χ2n) is 7.65. The highest BCUT2D eigenvalue weighted by molar-refractivity contribution is 8.18. The van der Waals surface area contributed by atoms with Gasteiger partial charge in [0.15, 0.2) is 5.17 Å². The Kier molecular flexibility index (Phi) is 6.60. The number of thioether (sulfide) groups is 1. The zero-order chi connectivity index (χ0) is 24.2. The summed E-state index contributed by atoms with van der Waals surface area (Å²) in [4.78, 5) is 45.5. The average Bonchev–Trinajstić information content (AvgIpc) is 3.14. The molecule has 0 atom stereocenters. The summed E-state index contributed by atoms with van der Waals surface area (Å²) in [6.45, 7) is 0. The topological polar surface area (TPSA) is 90.3 Å². The highest BCUT2D eigenvalue weighted by Gasteiger charge is 2.38. The highest BCUT2D eigenvalue weighted by atomic mass is 32.2. The standard InChI is InChI=1S/C26H21N3O4S/c1-28(2)21-14-8-17(9-15-21)16-22-24(31)29(23(30)18-6-4-3-5-7-18)26(34-22)27-20-12-10-19(11-13-20)25(32)33/h3-16H,1-2H3,(H,32,33). The maximum absolute atomic E-state index is 13.3. The molecular formula is C26H21N3O4S. The number of aromatic carboxylic acids is 1. The smallest absolute Gasteiger partial charge is 0.335 e. The van der Waals surface area contributed by atoms with Crippen LogP contribution in [0.15, 0.2) is 88.8 Å². The molecule has 0 bridgehead atoms. The zero-order valence-electron chi connectivity index (χ0n) is 18.5. The van der Waals surface area contributed by atoms with Crippen molar-refractivity contribution >= 4 is 52.2 Å². The van der Waals surface area contributed by atoms with Gasteiger partial charge in [0.2, 0.25) is 0 Å². The number of rotatable bonds is 5. The van der Waals surface area contributed by atoms with E-state index >= 15 is 0 Å². The molecule has 1 N–H and O–H groups in total. The Morgan fingerprint density at radius 1 is 0.912 bits per heavy atom. The fourth-order valence-electron chi connectivity index (χ4n) is 3.25. The Morgan fingerprint density at radius 2 is 1.56 bits per heavy atom. The molecule has 7 nitrogen and oxygen atoms in total. The van der Waals surface area contributed by atoms with Gasteiger partial charge in [0.1, 0.15) is 0 Å². The summed E-state index contributed by atoms with van der Waals surface area (Å²) in [5.41, 5.74) is 2.77. The number of hydrogen-bond donors (Lipinski definition) is 1. The Hall–Kier alpha value is -4.17. The normalized spacial score (nSPS) is 15.7. The molecule has 3 aromatic carbocycles. The third-order valence-electron chi connectivity index (χ3n) is 5.08. The first-order valence-electron chi connectivity index (χ1n) is 10.4. The van der Waals surface area contributed by atoms with Crippen molar-refractivity contribution in [3.05, 3.63) is 100 Å². The first-order valence-corrected chi connectivity index (χ1v) is 11.2. The summed E-state index contributed by atoms with van der Waals surface area (Å²) < 4.78 is 0. The Balaban J connectivity index is 1.72. The lowest BCUT2D eigenvalue weighted by Gasteiger charge is -2.13. The van der Waals surface area contributed by atoms with Crippen molar-refractivity contribution in [2.24, 2.45) is 4.99 Å². The molecule has 1 saturated heterocycles. The number of anilines is 1. The van der Waals surface area contributed by atoms with Gasteiger partial charge in [-0.15, -0.1) is 0 Å². The molecule has 0 aliphatic carbocycles. The van der Waals surface area contributed by atoms with Crippen molar-refractivity contribution in [2.75, 3.05) is 19.0 Å². The molecule has 8 heteroatoms. The minimum Gasteiger partial charge on any atom is -0.478 e. The number of carboxylic acids is 1. The van der Waals surface area contributed by atoms with E-state index in [-0.39, 0.29) is 10.7 Å². The lowest BCUT2D eigenvalue weighted by molar-refractivity contribution is -0.120. The van der Waals surface area contributed by atoms with Gasteiger partial charge in [-0.3, -0.25) is 9.59 Å². The van der Waals surface area contributed by atoms with Gasteiger partial charge in [-0.05, 0) is 71.9 Å². The Labute approximate surface area is 201 Å². The molecular weight excluding hydrogens is 450 g/mol. The van der Waals surface area contributed by atoms with E-state index in [1.165, 1.54) is 24.3 Å². The quantitative estimate of drug-likeness (QED) is 0.421. The number of nitrogens with zero attached hydrogens (tertiary/aromatic N) is 3. The van der Waals surface area contributed by atoms with Crippen LogP contribution in [0.3, 0.4) is 0 Å². The number of aliphatic imine (C=N–C) groups is 1. The van der Waals surface area contributed by atoms with Crippen LogP contribution < -0.4 is 4.90 Å². The molecule has 3 aromatic rings. The van der Waals surface area contributed by atoms with E-state index in [9.17, 15) is 14.4 Å². The van der Waals surface area contributed by atoms with E-state index in [4.69, 9.17) is 5.11 Å². The molecule has 4 rings (SSSR count). The van der Waals surface area contributed by atoms with Crippen molar-refractivity contribution in [2.45, 2.75) is 0 Å². The van der Waals surface area contributed by atoms with Crippen LogP contribution in [0.4, 0.5) is 11.4 Å².